The standard InChI is InChI=1S/C16H21NO3/c1-10-7-8-14(11(2)9-10)17-15(18)12-5-3-4-6-13(12)16(19)20/h3-6,10-11,14H,7-9H2,1-2H3,(H,17,18)(H,19,20). The highest BCUT2D eigenvalue weighted by Crippen LogP contribution is 2.28. The largest absolute Gasteiger partial charge is 0.478 e. The number of carboxylic acids is 1. The van der Waals surface area contributed by atoms with Gasteiger partial charge in [0.1, 0.15) is 0 Å². The van der Waals surface area contributed by atoms with Crippen LogP contribution in [0, 0.1) is 11.8 Å². The highest BCUT2D eigenvalue weighted by Gasteiger charge is 2.27. The van der Waals surface area contributed by atoms with Gasteiger partial charge in [-0.05, 0) is 43.2 Å². The van der Waals surface area contributed by atoms with Crippen LogP contribution < -0.4 is 5.32 Å². The molecule has 1 aliphatic carbocycles. The van der Waals surface area contributed by atoms with E-state index in [1.54, 1.807) is 18.2 Å². The summed E-state index contributed by atoms with van der Waals surface area (Å²) in [5.41, 5.74) is 0.299. The number of carboxylic acid groups (broad SMARTS) is 1. The first-order valence-corrected chi connectivity index (χ1v) is 7.12. The fraction of sp³-hybridized carbons (Fsp3) is 0.500. The molecule has 20 heavy (non-hydrogen) atoms. The molecular formula is C16H21NO3. The van der Waals surface area contributed by atoms with Gasteiger partial charge in [0.2, 0.25) is 0 Å². The number of carbonyl (C=O) groups excluding carboxylic acids is 1. The Bertz CT molecular complexity index is 512. The van der Waals surface area contributed by atoms with Gasteiger partial charge in [-0.25, -0.2) is 4.79 Å². The molecular weight excluding hydrogens is 254 g/mol. The summed E-state index contributed by atoms with van der Waals surface area (Å²) in [5.74, 6) is -0.223. The summed E-state index contributed by atoms with van der Waals surface area (Å²) in [6.45, 7) is 4.37. The number of amides is 1. The Morgan fingerprint density at radius 3 is 2.40 bits per heavy atom. The maximum atomic E-state index is 12.3. The van der Waals surface area contributed by atoms with Crippen LogP contribution in [0.15, 0.2) is 24.3 Å². The smallest absolute Gasteiger partial charge is 0.336 e. The van der Waals surface area contributed by atoms with Crippen molar-refractivity contribution in [1.29, 1.82) is 0 Å². The summed E-state index contributed by atoms with van der Waals surface area (Å²) in [7, 11) is 0. The van der Waals surface area contributed by atoms with E-state index in [0.29, 0.717) is 11.8 Å². The van der Waals surface area contributed by atoms with Crippen molar-refractivity contribution in [2.75, 3.05) is 0 Å². The highest BCUT2D eigenvalue weighted by molar-refractivity contribution is 6.04. The summed E-state index contributed by atoms with van der Waals surface area (Å²) in [4.78, 5) is 23.4. The van der Waals surface area contributed by atoms with Gasteiger partial charge in [0, 0.05) is 6.04 Å². The van der Waals surface area contributed by atoms with Gasteiger partial charge in [0.25, 0.3) is 5.91 Å². The van der Waals surface area contributed by atoms with Gasteiger partial charge in [0.15, 0.2) is 0 Å². The number of aromatic carboxylic acids is 1. The molecule has 0 aliphatic heterocycles. The van der Waals surface area contributed by atoms with Crippen LogP contribution in [-0.2, 0) is 0 Å². The Labute approximate surface area is 119 Å². The maximum absolute atomic E-state index is 12.3. The van der Waals surface area contributed by atoms with E-state index in [1.165, 1.54) is 6.07 Å². The predicted molar refractivity (Wildman–Crippen MR) is 76.8 cm³/mol. The summed E-state index contributed by atoms with van der Waals surface area (Å²) in [6, 6.07) is 6.48. The molecule has 4 heteroatoms. The lowest BCUT2D eigenvalue weighted by Crippen LogP contribution is -2.42. The van der Waals surface area contributed by atoms with Crippen molar-refractivity contribution in [3.05, 3.63) is 35.4 Å². The fourth-order valence-corrected chi connectivity index (χ4v) is 2.99. The van der Waals surface area contributed by atoms with Gasteiger partial charge in [0.05, 0.1) is 11.1 Å². The van der Waals surface area contributed by atoms with E-state index in [4.69, 9.17) is 5.11 Å². The molecule has 0 aromatic heterocycles. The molecule has 3 unspecified atom stereocenters. The molecule has 2 rings (SSSR count). The lowest BCUT2D eigenvalue weighted by atomic mass is 9.80. The first-order chi connectivity index (χ1) is 9.49. The van der Waals surface area contributed by atoms with Crippen molar-refractivity contribution < 1.29 is 14.7 Å². The molecule has 1 aromatic rings. The van der Waals surface area contributed by atoms with Crippen molar-refractivity contribution in [2.45, 2.75) is 39.2 Å². The van der Waals surface area contributed by atoms with Gasteiger partial charge < -0.3 is 10.4 Å². The zero-order valence-electron chi connectivity index (χ0n) is 11.9. The van der Waals surface area contributed by atoms with Crippen LogP contribution >= 0.6 is 0 Å². The SMILES string of the molecule is CC1CCC(NC(=O)c2ccccc2C(=O)O)C(C)C1. The Morgan fingerprint density at radius 2 is 1.80 bits per heavy atom. The zero-order valence-corrected chi connectivity index (χ0v) is 11.9. The van der Waals surface area contributed by atoms with Crippen LogP contribution in [0.5, 0.6) is 0 Å². The van der Waals surface area contributed by atoms with E-state index in [2.05, 4.69) is 19.2 Å². The summed E-state index contributed by atoms with van der Waals surface area (Å²) in [6.07, 6.45) is 3.17. The number of benzene rings is 1. The minimum Gasteiger partial charge on any atom is -0.478 e. The first kappa shape index (κ1) is 14.6. The van der Waals surface area contributed by atoms with Gasteiger partial charge >= 0.3 is 5.97 Å². The highest BCUT2D eigenvalue weighted by atomic mass is 16.4. The second-order valence-corrected chi connectivity index (χ2v) is 5.83. The fourth-order valence-electron chi connectivity index (χ4n) is 2.99. The molecule has 2 N–H and O–H groups in total. The van der Waals surface area contributed by atoms with E-state index < -0.39 is 5.97 Å². The molecule has 0 spiro atoms. The molecule has 0 radical (unpaired) electrons. The zero-order chi connectivity index (χ0) is 14.7. The molecule has 1 aromatic carbocycles. The third-order valence-corrected chi connectivity index (χ3v) is 4.15. The molecule has 1 amide bonds. The number of hydrogen-bond acceptors (Lipinski definition) is 2. The second kappa shape index (κ2) is 6.07. The van der Waals surface area contributed by atoms with E-state index in [-0.39, 0.29) is 23.1 Å². The Morgan fingerprint density at radius 1 is 1.15 bits per heavy atom. The Kier molecular flexibility index (Phi) is 4.42. The minimum absolute atomic E-state index is 0.0573. The lowest BCUT2D eigenvalue weighted by Gasteiger charge is -2.33. The van der Waals surface area contributed by atoms with Gasteiger partial charge in [-0.1, -0.05) is 26.0 Å². The number of nitrogens with one attached hydrogen (secondary N) is 1. The predicted octanol–water partition coefficient (Wildman–Crippen LogP) is 2.94. The second-order valence-electron chi connectivity index (χ2n) is 5.83. The molecule has 1 saturated carbocycles. The van der Waals surface area contributed by atoms with Crippen LogP contribution in [0.25, 0.3) is 0 Å². The van der Waals surface area contributed by atoms with Crippen LogP contribution in [-0.4, -0.2) is 23.0 Å². The van der Waals surface area contributed by atoms with Crippen molar-refractivity contribution in [1.82, 2.24) is 5.32 Å². The third-order valence-electron chi connectivity index (χ3n) is 4.15. The van der Waals surface area contributed by atoms with Crippen molar-refractivity contribution >= 4 is 11.9 Å². The summed E-state index contributed by atoms with van der Waals surface area (Å²) < 4.78 is 0. The topological polar surface area (TPSA) is 66.4 Å². The average molecular weight is 275 g/mol. The van der Waals surface area contributed by atoms with E-state index in [0.717, 1.165) is 19.3 Å². The molecule has 0 saturated heterocycles. The molecule has 3 atom stereocenters. The van der Waals surface area contributed by atoms with Crippen molar-refractivity contribution in [3.63, 3.8) is 0 Å². The number of rotatable bonds is 3. The number of hydrogen-bond donors (Lipinski definition) is 2. The summed E-state index contributed by atoms with van der Waals surface area (Å²) >= 11 is 0. The van der Waals surface area contributed by atoms with Crippen LogP contribution in [0.3, 0.4) is 0 Å². The molecule has 0 bridgehead atoms. The van der Waals surface area contributed by atoms with Gasteiger partial charge in [-0.15, -0.1) is 0 Å². The number of carbonyl (C=O) groups is 2. The lowest BCUT2D eigenvalue weighted by molar-refractivity contribution is 0.0689. The maximum Gasteiger partial charge on any atom is 0.336 e. The molecule has 1 aliphatic rings. The first-order valence-electron chi connectivity index (χ1n) is 7.12. The molecule has 4 nitrogen and oxygen atoms in total. The molecule has 108 valence electrons. The van der Waals surface area contributed by atoms with E-state index in [1.807, 2.05) is 0 Å². The average Bonchev–Trinajstić information content (AvgIpc) is 2.41. The third kappa shape index (κ3) is 3.18. The van der Waals surface area contributed by atoms with Crippen LogP contribution in [0.2, 0.25) is 0 Å². The van der Waals surface area contributed by atoms with Crippen molar-refractivity contribution in [2.24, 2.45) is 11.8 Å². The van der Waals surface area contributed by atoms with Gasteiger partial charge in [-0.2, -0.15) is 0 Å². The Balaban J connectivity index is 2.11. The normalized spacial score (nSPS) is 26.0. The van der Waals surface area contributed by atoms with Crippen LogP contribution in [0.1, 0.15) is 53.8 Å². The van der Waals surface area contributed by atoms with E-state index >= 15 is 0 Å². The quantitative estimate of drug-likeness (QED) is 0.891. The van der Waals surface area contributed by atoms with E-state index in [9.17, 15) is 9.59 Å². The monoisotopic (exact) mass is 275 g/mol. The molecule has 0 heterocycles. The van der Waals surface area contributed by atoms with Gasteiger partial charge in [-0.3, -0.25) is 4.79 Å². The molecule has 1 fully saturated rings. The van der Waals surface area contributed by atoms with Crippen LogP contribution in [0.4, 0.5) is 0 Å². The summed E-state index contributed by atoms with van der Waals surface area (Å²) in [5, 5.41) is 12.1. The van der Waals surface area contributed by atoms with Crippen molar-refractivity contribution in [3.8, 4) is 0 Å². The minimum atomic E-state index is -1.07. The Hall–Kier alpha value is -1.84.